The van der Waals surface area contributed by atoms with Gasteiger partial charge in [0.15, 0.2) is 5.75 Å². The molecule has 1 unspecified atom stereocenters. The van der Waals surface area contributed by atoms with Gasteiger partial charge in [0.1, 0.15) is 11.3 Å². The van der Waals surface area contributed by atoms with Crippen molar-refractivity contribution in [2.45, 2.75) is 50.6 Å². The molecule has 5 rings (SSSR count). The second-order valence-corrected chi connectivity index (χ2v) is 12.3. The van der Waals surface area contributed by atoms with Crippen LogP contribution in [0.3, 0.4) is 0 Å². The van der Waals surface area contributed by atoms with E-state index in [-0.39, 0.29) is 40.9 Å². The Hall–Kier alpha value is -3.65. The Morgan fingerprint density at radius 3 is 2.60 bits per heavy atom. The fourth-order valence-corrected chi connectivity index (χ4v) is 6.55. The number of carbonyl (C=O) groups is 3. The summed E-state index contributed by atoms with van der Waals surface area (Å²) in [7, 11) is 3.25. The molecule has 242 valence electrons. The fourth-order valence-electron chi connectivity index (χ4n) is 6.08. The van der Waals surface area contributed by atoms with E-state index in [9.17, 15) is 27.6 Å². The number of hydrogen-bond donors (Lipinski definition) is 2. The quantitative estimate of drug-likeness (QED) is 0.216. The summed E-state index contributed by atoms with van der Waals surface area (Å²) in [5.41, 5.74) is 0.940. The highest BCUT2D eigenvalue weighted by Gasteiger charge is 2.34. The van der Waals surface area contributed by atoms with Gasteiger partial charge in [0.25, 0.3) is 0 Å². The number of anilines is 1. The summed E-state index contributed by atoms with van der Waals surface area (Å²) in [6.45, 7) is 2.07. The van der Waals surface area contributed by atoms with Gasteiger partial charge in [-0.25, -0.2) is 0 Å². The number of rotatable bonds is 10. The van der Waals surface area contributed by atoms with Crippen molar-refractivity contribution >= 4 is 50.2 Å². The Morgan fingerprint density at radius 2 is 1.91 bits per heavy atom. The van der Waals surface area contributed by atoms with Gasteiger partial charge in [0, 0.05) is 23.3 Å². The number of hydrogen-bond acceptors (Lipinski definition) is 7. The number of halogens is 4. The first-order chi connectivity index (χ1) is 21.4. The third kappa shape index (κ3) is 7.60. The molecule has 3 heterocycles. The third-order valence-corrected chi connectivity index (χ3v) is 9.07. The van der Waals surface area contributed by atoms with Gasteiger partial charge in [-0.3, -0.25) is 29.3 Å². The van der Waals surface area contributed by atoms with Crippen molar-refractivity contribution in [1.29, 1.82) is 0 Å². The Kier molecular flexibility index (Phi) is 10.0. The fraction of sp³-hybridized carbons (Fsp3) is 0.484. The van der Waals surface area contributed by atoms with Crippen molar-refractivity contribution < 1.29 is 37.0 Å². The van der Waals surface area contributed by atoms with Crippen LogP contribution in [0.1, 0.15) is 55.7 Å². The SMILES string of the molecule is COc1c(NC(=O)CN2CCC(CCCOc3ccc(Br)c(C(F)(F)F)c3)CC2)ccc2c(C3CCC(=O)NC3=O)nn(C)c12. The van der Waals surface area contributed by atoms with Gasteiger partial charge < -0.3 is 14.8 Å². The first-order valence-corrected chi connectivity index (χ1v) is 15.6. The van der Waals surface area contributed by atoms with Crippen molar-refractivity contribution in [1.82, 2.24) is 20.0 Å². The second-order valence-electron chi connectivity index (χ2n) is 11.5. The zero-order chi connectivity index (χ0) is 32.3. The van der Waals surface area contributed by atoms with E-state index in [1.807, 2.05) is 0 Å². The lowest BCUT2D eigenvalue weighted by Crippen LogP contribution is -2.39. The minimum absolute atomic E-state index is 0.0166. The van der Waals surface area contributed by atoms with Crippen molar-refractivity contribution in [3.63, 3.8) is 0 Å². The van der Waals surface area contributed by atoms with E-state index in [0.717, 1.165) is 50.2 Å². The lowest BCUT2D eigenvalue weighted by molar-refractivity contribution is -0.138. The largest absolute Gasteiger partial charge is 0.494 e. The molecule has 10 nitrogen and oxygen atoms in total. The lowest BCUT2D eigenvalue weighted by atomic mass is 9.92. The maximum atomic E-state index is 13.1. The summed E-state index contributed by atoms with van der Waals surface area (Å²) in [6, 6.07) is 7.42. The summed E-state index contributed by atoms with van der Waals surface area (Å²) < 4.78 is 52.2. The minimum atomic E-state index is -4.45. The van der Waals surface area contributed by atoms with Crippen LogP contribution in [0.5, 0.6) is 11.5 Å². The van der Waals surface area contributed by atoms with Crippen LogP contribution in [0.15, 0.2) is 34.8 Å². The molecule has 2 fully saturated rings. The van der Waals surface area contributed by atoms with Crippen LogP contribution < -0.4 is 20.1 Å². The van der Waals surface area contributed by atoms with E-state index in [0.29, 0.717) is 41.6 Å². The summed E-state index contributed by atoms with van der Waals surface area (Å²) in [5, 5.41) is 10.6. The lowest BCUT2D eigenvalue weighted by Gasteiger charge is -2.31. The Bertz CT molecular complexity index is 1590. The number of amides is 3. The number of likely N-dealkylation sites (tertiary alicyclic amines) is 1. The van der Waals surface area contributed by atoms with Crippen LogP contribution in [0, 0.1) is 5.92 Å². The van der Waals surface area contributed by atoms with E-state index in [4.69, 9.17) is 9.47 Å². The molecular formula is C31H35BrF3N5O5. The molecule has 2 aromatic carbocycles. The van der Waals surface area contributed by atoms with Crippen LogP contribution in [-0.4, -0.2) is 65.8 Å². The smallest absolute Gasteiger partial charge is 0.417 e. The number of nitrogens with zero attached hydrogens (tertiary/aromatic N) is 3. The molecule has 2 N–H and O–H groups in total. The van der Waals surface area contributed by atoms with E-state index >= 15 is 0 Å². The highest BCUT2D eigenvalue weighted by molar-refractivity contribution is 9.10. The highest BCUT2D eigenvalue weighted by Crippen LogP contribution is 2.39. The molecule has 1 aromatic heterocycles. The molecule has 2 aliphatic heterocycles. The summed E-state index contributed by atoms with van der Waals surface area (Å²) in [5.74, 6) is -0.310. The zero-order valence-corrected chi connectivity index (χ0v) is 26.6. The minimum Gasteiger partial charge on any atom is -0.494 e. The summed E-state index contributed by atoms with van der Waals surface area (Å²) in [4.78, 5) is 39.2. The molecule has 0 radical (unpaired) electrons. The van der Waals surface area contributed by atoms with Gasteiger partial charge in [-0.2, -0.15) is 18.3 Å². The first-order valence-electron chi connectivity index (χ1n) is 14.8. The van der Waals surface area contributed by atoms with Crippen molar-refractivity contribution in [3.8, 4) is 11.5 Å². The average Bonchev–Trinajstić information content (AvgIpc) is 3.32. The third-order valence-electron chi connectivity index (χ3n) is 8.38. The number of methoxy groups -OCH3 is 1. The van der Waals surface area contributed by atoms with Gasteiger partial charge in [0.2, 0.25) is 17.7 Å². The normalized spacial score (nSPS) is 18.2. The number of aromatic nitrogens is 2. The van der Waals surface area contributed by atoms with E-state index < -0.39 is 17.7 Å². The predicted molar refractivity (Wildman–Crippen MR) is 164 cm³/mol. The maximum Gasteiger partial charge on any atom is 0.417 e. The van der Waals surface area contributed by atoms with Crippen LogP contribution in [0.4, 0.5) is 18.9 Å². The van der Waals surface area contributed by atoms with E-state index in [1.165, 1.54) is 19.2 Å². The van der Waals surface area contributed by atoms with Crippen LogP contribution in [0.25, 0.3) is 10.9 Å². The van der Waals surface area contributed by atoms with Crippen LogP contribution >= 0.6 is 15.9 Å². The maximum absolute atomic E-state index is 13.1. The number of nitrogens with one attached hydrogen (secondary N) is 2. The predicted octanol–water partition coefficient (Wildman–Crippen LogP) is 5.39. The average molecular weight is 695 g/mol. The first kappa shape index (κ1) is 32.7. The molecule has 3 amide bonds. The summed E-state index contributed by atoms with van der Waals surface area (Å²) >= 11 is 2.94. The Morgan fingerprint density at radius 1 is 1.16 bits per heavy atom. The standard InChI is InChI=1S/C31H35BrF3N5O5/c1-39-28-20(27(38-39)21-7-10-25(41)37-30(21)43)6-9-24(29(28)44-2)36-26(42)17-40-13-11-18(12-14-40)4-3-15-45-19-5-8-23(32)22(16-19)31(33,34)35/h5-6,8-9,16,18,21H,3-4,7,10-15,17H2,1-2H3,(H,36,42)(H,37,41,43). The van der Waals surface area contributed by atoms with Gasteiger partial charge in [-0.1, -0.05) is 15.9 Å². The molecule has 0 aliphatic carbocycles. The molecule has 2 aliphatic rings. The van der Waals surface area contributed by atoms with Crippen molar-refractivity contribution in [2.75, 3.05) is 38.7 Å². The molecular weight excluding hydrogens is 659 g/mol. The molecule has 14 heteroatoms. The number of aryl methyl sites for hydroxylation is 1. The Balaban J connectivity index is 1.10. The molecule has 1 atom stereocenters. The summed E-state index contributed by atoms with van der Waals surface area (Å²) in [6.07, 6.45) is -0.386. The molecule has 2 saturated heterocycles. The molecule has 3 aromatic rings. The molecule has 0 spiro atoms. The molecule has 0 saturated carbocycles. The molecule has 0 bridgehead atoms. The van der Waals surface area contributed by atoms with E-state index in [1.54, 1.807) is 23.9 Å². The van der Waals surface area contributed by atoms with Crippen molar-refractivity contribution in [2.24, 2.45) is 13.0 Å². The number of alkyl halides is 3. The number of benzene rings is 2. The van der Waals surface area contributed by atoms with Gasteiger partial charge >= 0.3 is 6.18 Å². The van der Waals surface area contributed by atoms with Gasteiger partial charge in [-0.05, 0) is 81.4 Å². The number of ether oxygens (including phenoxy) is 2. The second kappa shape index (κ2) is 13.8. The number of carbonyl (C=O) groups excluding carboxylic acids is 3. The zero-order valence-electron chi connectivity index (χ0n) is 25.0. The van der Waals surface area contributed by atoms with Gasteiger partial charge in [0.05, 0.1) is 43.1 Å². The van der Waals surface area contributed by atoms with Crippen LogP contribution in [0.2, 0.25) is 0 Å². The van der Waals surface area contributed by atoms with Crippen LogP contribution in [-0.2, 0) is 27.6 Å². The topological polar surface area (TPSA) is 115 Å². The van der Waals surface area contributed by atoms with E-state index in [2.05, 4.69) is 36.6 Å². The molecule has 45 heavy (non-hydrogen) atoms. The number of fused-ring (bicyclic) bond motifs is 1. The van der Waals surface area contributed by atoms with Crippen molar-refractivity contribution in [3.05, 3.63) is 46.1 Å². The number of piperidine rings is 2. The monoisotopic (exact) mass is 693 g/mol. The number of imide groups is 1. The Labute approximate surface area is 266 Å². The highest BCUT2D eigenvalue weighted by atomic mass is 79.9. The van der Waals surface area contributed by atoms with Gasteiger partial charge in [-0.15, -0.1) is 0 Å².